The topological polar surface area (TPSA) is 81.3 Å². The van der Waals surface area contributed by atoms with Gasteiger partial charge in [0.15, 0.2) is 6.67 Å². The van der Waals surface area contributed by atoms with Gasteiger partial charge < -0.3 is 19.7 Å². The second kappa shape index (κ2) is 4.66. The zero-order valence-corrected chi connectivity index (χ0v) is 8.09. The van der Waals surface area contributed by atoms with Crippen LogP contribution in [-0.2, 0) is 4.79 Å². The Labute approximate surface area is 77.1 Å². The van der Waals surface area contributed by atoms with Gasteiger partial charge in [-0.25, -0.2) is 4.79 Å². The number of quaternary nitrogens is 1. The Kier molecular flexibility index (Phi) is 4.19. The number of carbonyl (C=O) groups is 2. The fourth-order valence-electron chi connectivity index (χ4n) is 0.780. The number of carboxylic acids is 1. The third-order valence-electron chi connectivity index (χ3n) is 1.45. The van der Waals surface area contributed by atoms with Crippen LogP contribution in [0.15, 0.2) is 0 Å². The molecular formula is C7H15N3O3. The third kappa shape index (κ3) is 5.92. The van der Waals surface area contributed by atoms with Crippen LogP contribution < -0.4 is 15.7 Å². The van der Waals surface area contributed by atoms with Gasteiger partial charge in [0.05, 0.1) is 20.1 Å². The minimum atomic E-state index is -1.14. The molecule has 0 atom stereocenters. The van der Waals surface area contributed by atoms with Crippen LogP contribution >= 0.6 is 0 Å². The molecule has 0 aromatic heterocycles. The lowest BCUT2D eigenvalue weighted by Crippen LogP contribution is -2.54. The quantitative estimate of drug-likeness (QED) is 0.385. The Bertz CT molecular complexity index is 203. The molecule has 6 heteroatoms. The van der Waals surface area contributed by atoms with Crippen molar-refractivity contribution in [1.29, 1.82) is 0 Å². The summed E-state index contributed by atoms with van der Waals surface area (Å²) in [5.41, 5.74) is 0. The van der Waals surface area contributed by atoms with E-state index in [0.29, 0.717) is 0 Å². The van der Waals surface area contributed by atoms with Crippen molar-refractivity contribution in [2.45, 2.75) is 0 Å². The smallest absolute Gasteiger partial charge is 0.318 e. The van der Waals surface area contributed by atoms with Crippen LogP contribution in [0, 0.1) is 0 Å². The van der Waals surface area contributed by atoms with Crippen molar-refractivity contribution < 1.29 is 19.2 Å². The molecule has 0 aliphatic carbocycles. The van der Waals surface area contributed by atoms with Gasteiger partial charge in [-0.1, -0.05) is 0 Å². The van der Waals surface area contributed by atoms with Crippen molar-refractivity contribution in [3.05, 3.63) is 0 Å². The molecule has 0 heterocycles. The van der Waals surface area contributed by atoms with Crippen molar-refractivity contribution in [2.75, 3.05) is 34.4 Å². The molecule has 2 N–H and O–H groups in total. The number of nitrogens with one attached hydrogen (secondary N) is 2. The van der Waals surface area contributed by atoms with E-state index in [1.807, 2.05) is 0 Å². The van der Waals surface area contributed by atoms with Crippen LogP contribution in [-0.4, -0.2) is 50.8 Å². The zero-order valence-electron chi connectivity index (χ0n) is 8.09. The Balaban J connectivity index is 3.88. The number of nitrogens with zero attached hydrogens (tertiary/aromatic N) is 1. The number of rotatable bonds is 4. The predicted octanol–water partition coefficient (Wildman–Crippen LogP) is -2.30. The number of likely N-dealkylation sites (N-methyl/N-ethyl adjacent to an activating group) is 1. The fourth-order valence-corrected chi connectivity index (χ4v) is 0.780. The van der Waals surface area contributed by atoms with E-state index in [1.165, 1.54) is 7.05 Å². The molecule has 13 heavy (non-hydrogen) atoms. The van der Waals surface area contributed by atoms with Crippen LogP contribution in [0.2, 0.25) is 0 Å². The Morgan fingerprint density at radius 1 is 1.38 bits per heavy atom. The maximum atomic E-state index is 10.7. The van der Waals surface area contributed by atoms with E-state index in [0.717, 1.165) is 0 Å². The lowest BCUT2D eigenvalue weighted by atomic mass is 10.5. The number of urea groups is 1. The van der Waals surface area contributed by atoms with Crippen molar-refractivity contribution >= 4 is 12.0 Å². The molecule has 0 saturated carbocycles. The van der Waals surface area contributed by atoms with Gasteiger partial charge in [0, 0.05) is 7.05 Å². The van der Waals surface area contributed by atoms with Crippen LogP contribution in [0.25, 0.3) is 0 Å². The molecular weight excluding hydrogens is 174 g/mol. The Morgan fingerprint density at radius 2 is 1.92 bits per heavy atom. The summed E-state index contributed by atoms with van der Waals surface area (Å²) >= 11 is 0. The van der Waals surface area contributed by atoms with Crippen LogP contribution in [0.5, 0.6) is 0 Å². The molecule has 0 spiro atoms. The number of hydrogen-bond acceptors (Lipinski definition) is 3. The zero-order chi connectivity index (χ0) is 10.5. The third-order valence-corrected chi connectivity index (χ3v) is 1.45. The number of carboxylic acid groups (broad SMARTS) is 1. The van der Waals surface area contributed by atoms with Gasteiger partial charge in [-0.15, -0.1) is 0 Å². The summed E-state index contributed by atoms with van der Waals surface area (Å²) in [5, 5.41) is 15.2. The maximum Gasteiger partial charge on any atom is 0.318 e. The van der Waals surface area contributed by atoms with Crippen molar-refractivity contribution in [1.82, 2.24) is 10.6 Å². The number of carbonyl (C=O) groups excluding carboxylic acids is 2. The molecule has 76 valence electrons. The summed E-state index contributed by atoms with van der Waals surface area (Å²) in [6.07, 6.45) is 0. The molecule has 0 aliphatic heterocycles. The van der Waals surface area contributed by atoms with Crippen LogP contribution in [0.3, 0.4) is 0 Å². The first kappa shape index (κ1) is 11.7. The van der Waals surface area contributed by atoms with Gasteiger partial charge in [0.1, 0.15) is 6.54 Å². The summed E-state index contributed by atoms with van der Waals surface area (Å²) in [5.74, 6) is -1.14. The van der Waals surface area contributed by atoms with E-state index >= 15 is 0 Å². The molecule has 0 aromatic carbocycles. The SMILES string of the molecule is CNC(=O)NC[N+](C)(C)CC(=O)[O-]. The monoisotopic (exact) mass is 189 g/mol. The lowest BCUT2D eigenvalue weighted by Gasteiger charge is -2.29. The fraction of sp³-hybridized carbons (Fsp3) is 0.714. The standard InChI is InChI=1S/C7H15N3O3/c1-8-7(13)9-5-10(2,3)4-6(11)12/h4-5H2,1-3H3,(H2-,8,9,11,12,13). The molecule has 0 aliphatic rings. The second-order valence-electron chi connectivity index (χ2n) is 3.38. The van der Waals surface area contributed by atoms with E-state index in [1.54, 1.807) is 14.1 Å². The molecule has 0 aromatic rings. The van der Waals surface area contributed by atoms with E-state index < -0.39 is 5.97 Å². The number of aliphatic carboxylic acids is 1. The largest absolute Gasteiger partial charge is 0.544 e. The van der Waals surface area contributed by atoms with Gasteiger partial charge in [-0.05, 0) is 0 Å². The molecule has 0 radical (unpaired) electrons. The molecule has 2 amide bonds. The first-order valence-corrected chi connectivity index (χ1v) is 3.85. The van der Waals surface area contributed by atoms with E-state index in [2.05, 4.69) is 10.6 Å². The van der Waals surface area contributed by atoms with E-state index in [4.69, 9.17) is 0 Å². The highest BCUT2D eigenvalue weighted by Crippen LogP contribution is 1.91. The Hall–Kier alpha value is -1.30. The number of hydrogen-bond donors (Lipinski definition) is 2. The highest BCUT2D eigenvalue weighted by molar-refractivity contribution is 5.73. The molecule has 0 saturated heterocycles. The summed E-state index contributed by atoms with van der Waals surface area (Å²) in [6, 6.07) is -0.329. The summed E-state index contributed by atoms with van der Waals surface area (Å²) in [4.78, 5) is 21.0. The van der Waals surface area contributed by atoms with Gasteiger partial charge in [-0.2, -0.15) is 0 Å². The molecule has 0 rings (SSSR count). The molecule has 0 fully saturated rings. The summed E-state index contributed by atoms with van der Waals surface area (Å²) < 4.78 is 0.149. The second-order valence-corrected chi connectivity index (χ2v) is 3.38. The minimum absolute atomic E-state index is 0.135. The van der Waals surface area contributed by atoms with Crippen molar-refractivity contribution in [3.8, 4) is 0 Å². The average Bonchev–Trinajstić information content (AvgIpc) is 1.98. The molecule has 0 bridgehead atoms. The summed E-state index contributed by atoms with van der Waals surface area (Å²) in [6.45, 7) is 0.109. The van der Waals surface area contributed by atoms with Crippen LogP contribution in [0.4, 0.5) is 4.79 Å². The highest BCUT2D eigenvalue weighted by atomic mass is 16.4. The van der Waals surface area contributed by atoms with E-state index in [9.17, 15) is 14.7 Å². The minimum Gasteiger partial charge on any atom is -0.544 e. The first-order chi connectivity index (χ1) is 5.87. The predicted molar refractivity (Wildman–Crippen MR) is 44.4 cm³/mol. The average molecular weight is 189 g/mol. The highest BCUT2D eigenvalue weighted by Gasteiger charge is 2.15. The van der Waals surface area contributed by atoms with Crippen molar-refractivity contribution in [2.24, 2.45) is 0 Å². The lowest BCUT2D eigenvalue weighted by molar-refractivity contribution is -0.886. The Morgan fingerprint density at radius 3 is 2.31 bits per heavy atom. The number of amides is 2. The van der Waals surface area contributed by atoms with E-state index in [-0.39, 0.29) is 23.7 Å². The summed E-state index contributed by atoms with van der Waals surface area (Å²) in [7, 11) is 4.87. The maximum absolute atomic E-state index is 10.7. The van der Waals surface area contributed by atoms with Gasteiger partial charge in [0.2, 0.25) is 0 Å². The first-order valence-electron chi connectivity index (χ1n) is 3.85. The van der Waals surface area contributed by atoms with Gasteiger partial charge >= 0.3 is 6.03 Å². The normalized spacial score (nSPS) is 10.7. The van der Waals surface area contributed by atoms with Gasteiger partial charge in [0.25, 0.3) is 0 Å². The van der Waals surface area contributed by atoms with Crippen molar-refractivity contribution in [3.63, 3.8) is 0 Å². The molecule has 0 unspecified atom stereocenters. The van der Waals surface area contributed by atoms with Crippen LogP contribution in [0.1, 0.15) is 0 Å². The molecule has 6 nitrogen and oxygen atoms in total. The van der Waals surface area contributed by atoms with Gasteiger partial charge in [-0.3, -0.25) is 5.32 Å².